The second-order valence-corrected chi connectivity index (χ2v) is 3.68. The predicted molar refractivity (Wildman–Crippen MR) is 48.6 cm³/mol. The van der Waals surface area contributed by atoms with Crippen molar-refractivity contribution in [3.63, 3.8) is 0 Å². The Bertz CT molecular complexity index is 153. The zero-order chi connectivity index (χ0) is 8.97. The Labute approximate surface area is 73.7 Å². The fourth-order valence-electron chi connectivity index (χ4n) is 1.89. The van der Waals surface area contributed by atoms with E-state index in [9.17, 15) is 4.79 Å². The summed E-state index contributed by atoms with van der Waals surface area (Å²) in [7, 11) is 0. The Morgan fingerprint density at radius 2 is 2.17 bits per heavy atom. The fraction of sp³-hybridized carbons (Fsp3) is 0.889. The molecule has 1 rings (SSSR count). The van der Waals surface area contributed by atoms with Gasteiger partial charge in [0.2, 0.25) is 5.91 Å². The van der Waals surface area contributed by atoms with Gasteiger partial charge in [-0.25, -0.2) is 0 Å². The fourth-order valence-corrected chi connectivity index (χ4v) is 1.89. The SMILES string of the molecule is CC(NCC(N)=O)C1CCCC1. The van der Waals surface area contributed by atoms with Crippen LogP contribution in [0.1, 0.15) is 32.6 Å². The van der Waals surface area contributed by atoms with Gasteiger partial charge in [0.1, 0.15) is 0 Å². The Balaban J connectivity index is 2.17. The highest BCUT2D eigenvalue weighted by atomic mass is 16.1. The maximum Gasteiger partial charge on any atom is 0.231 e. The standard InChI is InChI=1S/C9H18N2O/c1-7(11-6-9(10)12)8-4-2-3-5-8/h7-8,11H,2-6H2,1H3,(H2,10,12). The van der Waals surface area contributed by atoms with Gasteiger partial charge in [0.15, 0.2) is 0 Å². The zero-order valence-corrected chi connectivity index (χ0v) is 7.68. The minimum Gasteiger partial charge on any atom is -0.369 e. The summed E-state index contributed by atoms with van der Waals surface area (Å²) >= 11 is 0. The van der Waals surface area contributed by atoms with Gasteiger partial charge in [0.05, 0.1) is 6.54 Å². The maximum atomic E-state index is 10.5. The molecule has 0 heterocycles. The van der Waals surface area contributed by atoms with Crippen LogP contribution in [-0.4, -0.2) is 18.5 Å². The van der Waals surface area contributed by atoms with Crippen LogP contribution in [0.15, 0.2) is 0 Å². The Hall–Kier alpha value is -0.570. The number of hydrogen-bond acceptors (Lipinski definition) is 2. The normalized spacial score (nSPS) is 21.1. The van der Waals surface area contributed by atoms with Crippen LogP contribution in [0, 0.1) is 5.92 Å². The second kappa shape index (κ2) is 4.45. The van der Waals surface area contributed by atoms with E-state index in [1.165, 1.54) is 25.7 Å². The third kappa shape index (κ3) is 2.81. The molecule has 1 saturated carbocycles. The van der Waals surface area contributed by atoms with Crippen LogP contribution < -0.4 is 11.1 Å². The van der Waals surface area contributed by atoms with E-state index in [2.05, 4.69) is 12.2 Å². The van der Waals surface area contributed by atoms with Crippen LogP contribution in [0.3, 0.4) is 0 Å². The lowest BCUT2D eigenvalue weighted by Crippen LogP contribution is -2.38. The van der Waals surface area contributed by atoms with E-state index in [4.69, 9.17) is 5.73 Å². The summed E-state index contributed by atoms with van der Waals surface area (Å²) in [6, 6.07) is 0.444. The molecule has 0 radical (unpaired) electrons. The van der Waals surface area contributed by atoms with Gasteiger partial charge in [-0.15, -0.1) is 0 Å². The molecule has 0 bridgehead atoms. The molecule has 0 spiro atoms. The van der Waals surface area contributed by atoms with Crippen LogP contribution >= 0.6 is 0 Å². The topological polar surface area (TPSA) is 55.1 Å². The molecule has 3 N–H and O–H groups in total. The number of primary amides is 1. The molecule has 0 aliphatic heterocycles. The van der Waals surface area contributed by atoms with Crippen LogP contribution in [0.4, 0.5) is 0 Å². The minimum atomic E-state index is -0.264. The Kier molecular flexibility index (Phi) is 3.53. The van der Waals surface area contributed by atoms with E-state index < -0.39 is 0 Å². The lowest BCUT2D eigenvalue weighted by atomic mass is 10.00. The first-order chi connectivity index (χ1) is 5.70. The van der Waals surface area contributed by atoms with Gasteiger partial charge in [-0.05, 0) is 25.7 Å². The maximum absolute atomic E-state index is 10.5. The lowest BCUT2D eigenvalue weighted by molar-refractivity contribution is -0.117. The van der Waals surface area contributed by atoms with Gasteiger partial charge < -0.3 is 11.1 Å². The van der Waals surface area contributed by atoms with E-state index in [0.717, 1.165) is 5.92 Å². The van der Waals surface area contributed by atoms with Crippen LogP contribution in [0.2, 0.25) is 0 Å². The largest absolute Gasteiger partial charge is 0.369 e. The third-order valence-electron chi connectivity index (χ3n) is 2.71. The van der Waals surface area contributed by atoms with Crippen molar-refractivity contribution in [2.75, 3.05) is 6.54 Å². The first kappa shape index (κ1) is 9.52. The quantitative estimate of drug-likeness (QED) is 0.650. The van der Waals surface area contributed by atoms with Crippen LogP contribution in [-0.2, 0) is 4.79 Å². The third-order valence-corrected chi connectivity index (χ3v) is 2.71. The molecule has 12 heavy (non-hydrogen) atoms. The number of nitrogens with one attached hydrogen (secondary N) is 1. The summed E-state index contributed by atoms with van der Waals surface area (Å²) in [6.45, 7) is 2.45. The highest BCUT2D eigenvalue weighted by Gasteiger charge is 2.20. The van der Waals surface area contributed by atoms with Gasteiger partial charge in [-0.2, -0.15) is 0 Å². The van der Waals surface area contributed by atoms with Gasteiger partial charge in [0.25, 0.3) is 0 Å². The van der Waals surface area contributed by atoms with Gasteiger partial charge in [-0.3, -0.25) is 4.79 Å². The number of nitrogens with two attached hydrogens (primary N) is 1. The smallest absolute Gasteiger partial charge is 0.231 e. The zero-order valence-electron chi connectivity index (χ0n) is 7.68. The molecule has 1 amide bonds. The molecule has 0 aromatic carbocycles. The molecule has 1 aliphatic carbocycles. The number of hydrogen-bond donors (Lipinski definition) is 2. The van der Waals surface area contributed by atoms with Crippen molar-refractivity contribution in [3.8, 4) is 0 Å². The highest BCUT2D eigenvalue weighted by molar-refractivity contribution is 5.75. The molecular weight excluding hydrogens is 152 g/mol. The monoisotopic (exact) mass is 170 g/mol. The van der Waals surface area contributed by atoms with Crippen molar-refractivity contribution in [3.05, 3.63) is 0 Å². The van der Waals surface area contributed by atoms with Gasteiger partial charge in [0, 0.05) is 6.04 Å². The molecule has 1 unspecified atom stereocenters. The Morgan fingerprint density at radius 1 is 1.58 bits per heavy atom. The summed E-state index contributed by atoms with van der Waals surface area (Å²) in [5.74, 6) is 0.490. The molecular formula is C9H18N2O. The summed E-state index contributed by atoms with van der Waals surface area (Å²) in [5.41, 5.74) is 5.04. The molecule has 1 aliphatic rings. The molecule has 1 atom stereocenters. The number of amides is 1. The molecule has 0 saturated heterocycles. The van der Waals surface area contributed by atoms with Crippen molar-refractivity contribution in [1.29, 1.82) is 0 Å². The van der Waals surface area contributed by atoms with E-state index in [1.54, 1.807) is 0 Å². The van der Waals surface area contributed by atoms with Crippen molar-refractivity contribution in [2.24, 2.45) is 11.7 Å². The predicted octanol–water partition coefficient (Wildman–Crippen LogP) is 0.640. The van der Waals surface area contributed by atoms with Crippen molar-refractivity contribution in [2.45, 2.75) is 38.6 Å². The van der Waals surface area contributed by atoms with Crippen molar-refractivity contribution in [1.82, 2.24) is 5.32 Å². The second-order valence-electron chi connectivity index (χ2n) is 3.68. The molecule has 70 valence electrons. The minimum absolute atomic E-state index is 0.264. The summed E-state index contributed by atoms with van der Waals surface area (Å²) < 4.78 is 0. The first-order valence-electron chi connectivity index (χ1n) is 4.72. The highest BCUT2D eigenvalue weighted by Crippen LogP contribution is 2.27. The molecule has 0 aromatic heterocycles. The van der Waals surface area contributed by atoms with E-state index in [1.807, 2.05) is 0 Å². The molecule has 0 aromatic rings. The summed E-state index contributed by atoms with van der Waals surface area (Å²) in [4.78, 5) is 10.5. The molecule has 1 fully saturated rings. The van der Waals surface area contributed by atoms with Crippen molar-refractivity contribution < 1.29 is 4.79 Å². The first-order valence-corrected chi connectivity index (χ1v) is 4.72. The van der Waals surface area contributed by atoms with Crippen LogP contribution in [0.5, 0.6) is 0 Å². The van der Waals surface area contributed by atoms with Crippen LogP contribution in [0.25, 0.3) is 0 Å². The molecule has 3 nitrogen and oxygen atoms in total. The van der Waals surface area contributed by atoms with Gasteiger partial charge in [-0.1, -0.05) is 12.8 Å². The summed E-state index contributed by atoms with van der Waals surface area (Å²) in [6.07, 6.45) is 5.28. The van der Waals surface area contributed by atoms with Crippen molar-refractivity contribution >= 4 is 5.91 Å². The molecule has 3 heteroatoms. The number of rotatable bonds is 4. The van der Waals surface area contributed by atoms with E-state index in [0.29, 0.717) is 12.6 Å². The summed E-state index contributed by atoms with van der Waals surface area (Å²) in [5, 5.41) is 3.15. The van der Waals surface area contributed by atoms with Gasteiger partial charge >= 0.3 is 0 Å². The Morgan fingerprint density at radius 3 is 2.67 bits per heavy atom. The average molecular weight is 170 g/mol. The van der Waals surface area contributed by atoms with E-state index in [-0.39, 0.29) is 5.91 Å². The number of carbonyl (C=O) groups excluding carboxylic acids is 1. The average Bonchev–Trinajstić information content (AvgIpc) is 2.51. The number of carbonyl (C=O) groups is 1. The van der Waals surface area contributed by atoms with E-state index >= 15 is 0 Å². The lowest BCUT2D eigenvalue weighted by Gasteiger charge is -2.19.